The van der Waals surface area contributed by atoms with E-state index in [1.54, 1.807) is 10.8 Å². The van der Waals surface area contributed by atoms with E-state index in [4.69, 9.17) is 13.6 Å². The predicted molar refractivity (Wildman–Crippen MR) is 89.7 cm³/mol. The Morgan fingerprint density at radius 2 is 2.20 bits per heavy atom. The fraction of sp³-hybridized carbons (Fsp3) is 0.250. The van der Waals surface area contributed by atoms with E-state index in [1.807, 2.05) is 0 Å². The summed E-state index contributed by atoms with van der Waals surface area (Å²) in [6.07, 6.45) is 3.24. The van der Waals surface area contributed by atoms with E-state index in [0.29, 0.717) is 17.0 Å². The summed E-state index contributed by atoms with van der Waals surface area (Å²) in [6, 6.07) is 3.94. The summed E-state index contributed by atoms with van der Waals surface area (Å²) in [5.74, 6) is -0.0892. The van der Waals surface area contributed by atoms with E-state index in [-0.39, 0.29) is 17.7 Å². The second-order valence-corrected chi connectivity index (χ2v) is 5.27. The van der Waals surface area contributed by atoms with Gasteiger partial charge in [-0.3, -0.25) is 0 Å². The molecule has 1 aromatic carbocycles. The number of halogens is 3. The average Bonchev–Trinajstić information content (AvgIpc) is 2.99. The molecule has 1 atom stereocenters. The van der Waals surface area contributed by atoms with Crippen LogP contribution in [0.15, 0.2) is 47.4 Å². The maximum Gasteiger partial charge on any atom is 0.331 e. The first-order valence-electron chi connectivity index (χ1n) is 7.35. The van der Waals surface area contributed by atoms with Gasteiger partial charge in [0, 0.05) is 18.0 Å². The molecule has 0 spiro atoms. The fourth-order valence-corrected chi connectivity index (χ4v) is 2.35. The molecule has 0 saturated heterocycles. The number of hydrogen-bond acceptors (Lipinski definition) is 4. The minimum atomic E-state index is -2.95. The van der Waals surface area contributed by atoms with Crippen LogP contribution < -0.4 is 5.73 Å². The van der Waals surface area contributed by atoms with Crippen molar-refractivity contribution >= 4 is 13.5 Å². The Kier molecular flexibility index (Phi) is 6.03. The standard InChI is InChI=1S/C16H16BF3N4O/c1-9(25)13-6-11(18)2-3-12(13)15-22-4-5-24(15)8-10(7-21)14(17)23-16(19)20/h2-7,9,16,25H,8,21H2,1H3. The lowest BCUT2D eigenvalue weighted by molar-refractivity contribution is 0.160. The van der Waals surface area contributed by atoms with Crippen LogP contribution in [0.3, 0.4) is 0 Å². The SMILES string of the molecule is [B]C(=NC(F)F)C(=CN)Cn1ccnc1-c1ccc(F)cc1C(C)O. The number of allylic oxidation sites excluding steroid dienone is 1. The molecule has 3 N–H and O–H groups in total. The highest BCUT2D eigenvalue weighted by atomic mass is 19.3. The molecule has 0 saturated carbocycles. The van der Waals surface area contributed by atoms with Crippen LogP contribution in [0.2, 0.25) is 0 Å². The van der Waals surface area contributed by atoms with Crippen molar-refractivity contribution in [2.24, 2.45) is 10.7 Å². The molecular weight excluding hydrogens is 332 g/mol. The molecule has 130 valence electrons. The van der Waals surface area contributed by atoms with Gasteiger partial charge in [0.15, 0.2) is 0 Å². The molecule has 2 radical (unpaired) electrons. The van der Waals surface area contributed by atoms with Crippen molar-refractivity contribution in [2.75, 3.05) is 0 Å². The van der Waals surface area contributed by atoms with Crippen LogP contribution in [0.4, 0.5) is 13.2 Å². The smallest absolute Gasteiger partial charge is 0.331 e. The van der Waals surface area contributed by atoms with Crippen LogP contribution in [-0.2, 0) is 6.54 Å². The van der Waals surface area contributed by atoms with Crippen molar-refractivity contribution in [3.8, 4) is 11.4 Å². The van der Waals surface area contributed by atoms with Gasteiger partial charge in [0.25, 0.3) is 0 Å². The molecule has 0 bridgehead atoms. The second-order valence-electron chi connectivity index (χ2n) is 5.27. The van der Waals surface area contributed by atoms with Gasteiger partial charge in [-0.2, -0.15) is 8.78 Å². The van der Waals surface area contributed by atoms with Crippen LogP contribution in [0.5, 0.6) is 0 Å². The zero-order chi connectivity index (χ0) is 18.6. The molecule has 0 fully saturated rings. The molecule has 0 aliphatic carbocycles. The van der Waals surface area contributed by atoms with E-state index in [9.17, 15) is 18.3 Å². The number of imidazole rings is 1. The number of nitrogens with zero attached hydrogens (tertiary/aromatic N) is 3. The predicted octanol–water partition coefficient (Wildman–Crippen LogP) is 2.37. The van der Waals surface area contributed by atoms with Gasteiger partial charge in [-0.25, -0.2) is 14.4 Å². The molecule has 25 heavy (non-hydrogen) atoms. The molecule has 1 unspecified atom stereocenters. The lowest BCUT2D eigenvalue weighted by atomic mass is 9.93. The van der Waals surface area contributed by atoms with Gasteiger partial charge in [-0.15, -0.1) is 0 Å². The van der Waals surface area contributed by atoms with E-state index < -0.39 is 18.5 Å². The first-order valence-corrected chi connectivity index (χ1v) is 7.35. The lowest BCUT2D eigenvalue weighted by Gasteiger charge is -2.15. The van der Waals surface area contributed by atoms with Gasteiger partial charge in [0.1, 0.15) is 19.5 Å². The number of aliphatic imine (C=N–C) groups is 1. The monoisotopic (exact) mass is 348 g/mol. The average molecular weight is 348 g/mol. The molecule has 2 rings (SSSR count). The third kappa shape index (κ3) is 4.51. The van der Waals surface area contributed by atoms with Gasteiger partial charge in [-0.1, -0.05) is 0 Å². The zero-order valence-corrected chi connectivity index (χ0v) is 13.4. The highest BCUT2D eigenvalue weighted by Crippen LogP contribution is 2.28. The van der Waals surface area contributed by atoms with Crippen molar-refractivity contribution in [3.05, 3.63) is 53.7 Å². The van der Waals surface area contributed by atoms with Crippen LogP contribution in [0.25, 0.3) is 11.4 Å². The van der Waals surface area contributed by atoms with Crippen LogP contribution >= 0.6 is 0 Å². The summed E-state index contributed by atoms with van der Waals surface area (Å²) in [6.45, 7) is -1.41. The van der Waals surface area contributed by atoms with E-state index in [2.05, 4.69) is 9.98 Å². The fourth-order valence-electron chi connectivity index (χ4n) is 2.35. The van der Waals surface area contributed by atoms with Crippen molar-refractivity contribution in [1.29, 1.82) is 0 Å². The first kappa shape index (κ1) is 18.8. The van der Waals surface area contributed by atoms with E-state index in [1.165, 1.54) is 31.3 Å². The first-order chi connectivity index (χ1) is 11.8. The Morgan fingerprint density at radius 1 is 1.48 bits per heavy atom. The number of alkyl halides is 2. The lowest BCUT2D eigenvalue weighted by Crippen LogP contribution is -2.14. The van der Waals surface area contributed by atoms with Gasteiger partial charge >= 0.3 is 6.55 Å². The third-order valence-electron chi connectivity index (χ3n) is 3.53. The highest BCUT2D eigenvalue weighted by Gasteiger charge is 2.16. The zero-order valence-electron chi connectivity index (χ0n) is 13.4. The Hall–Kier alpha value is -2.55. The number of hydrogen-bond donors (Lipinski definition) is 2. The minimum absolute atomic E-state index is 0.0323. The number of nitrogens with two attached hydrogens (primary N) is 1. The number of benzene rings is 1. The van der Waals surface area contributed by atoms with Gasteiger partial charge in [-0.05, 0) is 48.1 Å². The quantitative estimate of drug-likeness (QED) is 0.478. The molecule has 0 amide bonds. The molecule has 1 heterocycles. The molecule has 0 aliphatic rings. The number of aliphatic hydroxyl groups is 1. The summed E-state index contributed by atoms with van der Waals surface area (Å²) in [7, 11) is 5.53. The Bertz CT molecular complexity index is 802. The van der Waals surface area contributed by atoms with E-state index >= 15 is 0 Å². The van der Waals surface area contributed by atoms with Crippen molar-refractivity contribution in [3.63, 3.8) is 0 Å². The van der Waals surface area contributed by atoms with Crippen LogP contribution in [0, 0.1) is 5.82 Å². The normalized spacial score (nSPS) is 14.2. The van der Waals surface area contributed by atoms with Crippen molar-refractivity contribution < 1.29 is 18.3 Å². The summed E-state index contributed by atoms with van der Waals surface area (Å²) in [4.78, 5) is 7.18. The second kappa shape index (κ2) is 8.02. The third-order valence-corrected chi connectivity index (χ3v) is 3.53. The summed E-state index contributed by atoms with van der Waals surface area (Å²) in [5.41, 5.74) is 6.11. The van der Waals surface area contributed by atoms with Crippen LogP contribution in [-0.4, -0.2) is 34.7 Å². The van der Waals surface area contributed by atoms with Gasteiger partial charge in [0.05, 0.1) is 12.6 Å². The Morgan fingerprint density at radius 3 is 2.80 bits per heavy atom. The van der Waals surface area contributed by atoms with Gasteiger partial charge in [0.2, 0.25) is 0 Å². The topological polar surface area (TPSA) is 76.4 Å². The highest BCUT2D eigenvalue weighted by molar-refractivity contribution is 6.64. The molecule has 0 aliphatic heterocycles. The minimum Gasteiger partial charge on any atom is -0.404 e. The summed E-state index contributed by atoms with van der Waals surface area (Å²) < 4.78 is 39.8. The molecule has 9 heteroatoms. The maximum atomic E-state index is 13.5. The number of aliphatic hydroxyl groups excluding tert-OH is 1. The maximum absolute atomic E-state index is 13.5. The summed E-state index contributed by atoms with van der Waals surface area (Å²) >= 11 is 0. The molecule has 2 aromatic rings. The van der Waals surface area contributed by atoms with E-state index in [0.717, 1.165) is 6.20 Å². The Balaban J connectivity index is 2.42. The Labute approximate surface area is 144 Å². The van der Waals surface area contributed by atoms with Gasteiger partial charge < -0.3 is 15.4 Å². The number of rotatable bonds is 6. The molecule has 5 nitrogen and oxygen atoms in total. The molecule has 1 aromatic heterocycles. The number of aromatic nitrogens is 2. The van der Waals surface area contributed by atoms with Crippen LogP contribution in [0.1, 0.15) is 18.6 Å². The summed E-state index contributed by atoms with van der Waals surface area (Å²) in [5, 5.41) is 9.88. The van der Waals surface area contributed by atoms with Crippen molar-refractivity contribution in [1.82, 2.24) is 9.55 Å². The largest absolute Gasteiger partial charge is 0.404 e. The molecular formula is C16H16BF3N4O. The van der Waals surface area contributed by atoms with Crippen molar-refractivity contribution in [2.45, 2.75) is 26.1 Å².